The lowest BCUT2D eigenvalue weighted by Crippen LogP contribution is -2.52. The second-order valence-corrected chi connectivity index (χ2v) is 10.2. The molecule has 3 heterocycles. The second kappa shape index (κ2) is 15.7. The van der Waals surface area contributed by atoms with Crippen LogP contribution in [0, 0.1) is 6.57 Å². The van der Waals surface area contributed by atoms with Crippen LogP contribution in [0.4, 0.5) is 5.82 Å². The molecule has 0 aliphatic carbocycles. The number of ether oxygens (including phenoxy) is 4. The summed E-state index contributed by atoms with van der Waals surface area (Å²) < 4.78 is 40.6. The number of nitrogens with zero attached hydrogens (tertiary/aromatic N) is 6. The van der Waals surface area contributed by atoms with Gasteiger partial charge in [-0.15, -0.1) is 0 Å². The minimum absolute atomic E-state index is 0.0763. The van der Waals surface area contributed by atoms with Crippen molar-refractivity contribution in [1.82, 2.24) is 24.4 Å². The average molecular weight is 573 g/mol. The summed E-state index contributed by atoms with van der Waals surface area (Å²) in [5.41, 5.74) is 1.33. The van der Waals surface area contributed by atoms with Crippen molar-refractivity contribution in [3.63, 3.8) is 0 Å². The summed E-state index contributed by atoms with van der Waals surface area (Å²) in [6.45, 7) is 16.9. The van der Waals surface area contributed by atoms with Crippen molar-refractivity contribution < 1.29 is 25.4 Å². The third-order valence-electron chi connectivity index (χ3n) is 6.37. The highest BCUT2D eigenvalue weighted by Crippen LogP contribution is 2.30. The molecule has 4 rings (SSSR count). The van der Waals surface area contributed by atoms with E-state index in [0.29, 0.717) is 23.5 Å². The Morgan fingerprint density at radius 2 is 2.02 bits per heavy atom. The van der Waals surface area contributed by atoms with Crippen LogP contribution in [0.1, 0.15) is 47.8 Å². The zero-order chi connectivity index (χ0) is 31.2. The van der Waals surface area contributed by atoms with Crippen molar-refractivity contribution >= 4 is 17.0 Å². The first kappa shape index (κ1) is 29.3. The van der Waals surface area contributed by atoms with Crippen LogP contribution in [0.15, 0.2) is 43.0 Å². The molecule has 2 N–H and O–H groups in total. The van der Waals surface area contributed by atoms with Gasteiger partial charge in [-0.25, -0.2) is 21.5 Å². The highest BCUT2D eigenvalue weighted by Gasteiger charge is 2.38. The van der Waals surface area contributed by atoms with Crippen molar-refractivity contribution in [3.05, 3.63) is 60.0 Å². The van der Waals surface area contributed by atoms with Gasteiger partial charge in [0.05, 0.1) is 26.1 Å². The Hall–Kier alpha value is -3.18. The van der Waals surface area contributed by atoms with E-state index in [2.05, 4.69) is 62.8 Å². The van der Waals surface area contributed by atoms with Gasteiger partial charge in [-0.3, -0.25) is 9.47 Å². The van der Waals surface area contributed by atoms with Gasteiger partial charge < -0.3 is 34.2 Å². The number of imidazole rings is 1. The maximum atomic E-state index is 8.34. The van der Waals surface area contributed by atoms with Crippen molar-refractivity contribution in [3.8, 4) is 0 Å². The number of hydrogen-bond donors (Lipinski definition) is 2. The molecule has 1 aromatic carbocycles. The lowest BCUT2D eigenvalue weighted by atomic mass is 10.1. The summed E-state index contributed by atoms with van der Waals surface area (Å²) in [6.07, 6.45) is 1.92. The van der Waals surface area contributed by atoms with Crippen molar-refractivity contribution in [2.75, 3.05) is 45.4 Å². The van der Waals surface area contributed by atoms with E-state index >= 15 is 0 Å². The first-order chi connectivity index (χ1) is 20.8. The van der Waals surface area contributed by atoms with Gasteiger partial charge in [0.25, 0.3) is 0 Å². The van der Waals surface area contributed by atoms with Crippen LogP contribution in [0.5, 0.6) is 0 Å². The molecule has 1 unspecified atom stereocenters. The van der Waals surface area contributed by atoms with Gasteiger partial charge in [0.1, 0.15) is 18.5 Å². The van der Waals surface area contributed by atoms with Crippen LogP contribution in [-0.4, -0.2) is 95.1 Å². The van der Waals surface area contributed by atoms with E-state index in [1.165, 1.54) is 13.4 Å². The Labute approximate surface area is 245 Å². The molecule has 2 aromatic heterocycles. The SMILES string of the molecule is [2H]C[C@@]1(COC(OCC[N+]#[C-])N(C(C)C)C(C)C)COC[C@H](n2cnc3c(NCc4ccccc4)ncnc32)O1.[3H]OC. The van der Waals surface area contributed by atoms with Crippen LogP contribution >= 0.6 is 0 Å². The Balaban J connectivity index is 0.00000162. The molecule has 3 aromatic rings. The lowest BCUT2D eigenvalue weighted by Gasteiger charge is -2.41. The molecular weight excluding hydrogens is 526 g/mol. The molecule has 1 aliphatic rings. The number of anilines is 1. The zero-order valence-electron chi connectivity index (χ0n) is 26.5. The molecule has 224 valence electrons. The van der Waals surface area contributed by atoms with Gasteiger partial charge in [-0.05, 0) is 40.2 Å². The van der Waals surface area contributed by atoms with Crippen LogP contribution < -0.4 is 5.32 Å². The molecule has 0 spiro atoms. The molecule has 1 aliphatic heterocycles. The van der Waals surface area contributed by atoms with E-state index < -0.39 is 18.2 Å². The summed E-state index contributed by atoms with van der Waals surface area (Å²) in [6, 6.07) is 10.3. The summed E-state index contributed by atoms with van der Waals surface area (Å²) in [4.78, 5) is 18.9. The van der Waals surface area contributed by atoms with E-state index in [9.17, 15) is 0 Å². The molecule has 12 nitrogen and oxygen atoms in total. The van der Waals surface area contributed by atoms with Gasteiger partial charge in [0.15, 0.2) is 23.2 Å². The van der Waals surface area contributed by atoms with E-state index in [4.69, 9.17) is 28.3 Å². The van der Waals surface area contributed by atoms with Crippen molar-refractivity contribution in [2.45, 2.75) is 71.5 Å². The third kappa shape index (κ3) is 8.65. The Bertz CT molecular complexity index is 1270. The fraction of sp³-hybridized carbons (Fsp3) is 0.586. The number of aliphatic hydroxyl groups excluding tert-OH is 1. The number of aliphatic hydroxyl groups is 1. The average Bonchev–Trinajstić information content (AvgIpc) is 3.44. The van der Waals surface area contributed by atoms with Crippen LogP contribution in [-0.2, 0) is 25.5 Å². The molecule has 0 saturated carbocycles. The predicted octanol–water partition coefficient (Wildman–Crippen LogP) is 3.71. The molecule has 41 heavy (non-hydrogen) atoms. The number of benzene rings is 1. The second-order valence-electron chi connectivity index (χ2n) is 10.2. The minimum atomic E-state index is -1.03. The molecule has 0 bridgehead atoms. The first-order valence-electron chi connectivity index (χ1n) is 14.7. The standard InChI is InChI=1S/C28H39N7O4.CH4O/c1-20(2)35(21(3)4)27(37-13-12-29-6)38-17-28(5)16-36-15-23(39-28)34-19-33-24-25(31-18-32-26(24)34)30-14-22-10-8-7-9-11-22;1-2/h7-11,18-21,23,27H,12-17H2,1-5H3,(H,30,31,32);2H,1H3/t23-,27?,28+;/m1./s1/i5D;2T. The fourth-order valence-electron chi connectivity index (χ4n) is 4.61. The normalized spacial score (nSPS) is 20.3. The highest BCUT2D eigenvalue weighted by molar-refractivity contribution is 5.82. The topological polar surface area (TPSA) is 120 Å². The zero-order valence-corrected chi connectivity index (χ0v) is 24.5. The Morgan fingerprint density at radius 1 is 1.27 bits per heavy atom. The van der Waals surface area contributed by atoms with Gasteiger partial charge in [-0.2, -0.15) is 0 Å². The van der Waals surface area contributed by atoms with Crippen LogP contribution in [0.3, 0.4) is 0 Å². The molecule has 0 amide bonds. The van der Waals surface area contributed by atoms with E-state index in [1.807, 2.05) is 34.9 Å². The number of aromatic nitrogens is 4. The summed E-state index contributed by atoms with van der Waals surface area (Å²) in [7, 11) is 1.29. The fourth-order valence-corrected chi connectivity index (χ4v) is 4.61. The molecule has 0 radical (unpaired) electrons. The highest BCUT2D eigenvalue weighted by atomic mass is 16.7. The maximum Gasteiger partial charge on any atom is 0.237 e. The first-order valence-corrected chi connectivity index (χ1v) is 13.6. The number of fused-ring (bicyclic) bond motifs is 1. The van der Waals surface area contributed by atoms with Crippen molar-refractivity contribution in [2.24, 2.45) is 0 Å². The van der Waals surface area contributed by atoms with E-state index in [0.717, 1.165) is 5.56 Å². The summed E-state index contributed by atoms with van der Waals surface area (Å²) >= 11 is 0. The maximum absolute atomic E-state index is 8.34. The molecule has 1 saturated heterocycles. The predicted molar refractivity (Wildman–Crippen MR) is 156 cm³/mol. The lowest BCUT2D eigenvalue weighted by molar-refractivity contribution is -0.287. The van der Waals surface area contributed by atoms with Crippen molar-refractivity contribution in [1.29, 1.82) is 1.43 Å². The quantitative estimate of drug-likeness (QED) is 0.178. The summed E-state index contributed by atoms with van der Waals surface area (Å²) in [5, 5.41) is 6.84. The van der Waals surface area contributed by atoms with Gasteiger partial charge in [-0.1, -0.05) is 30.3 Å². The monoisotopic (exact) mass is 572 g/mol. The largest absolute Gasteiger partial charge is 0.400 e. The van der Waals surface area contributed by atoms with Gasteiger partial charge >= 0.3 is 0 Å². The molecule has 12 heteroatoms. The molecular formula is C29H43N7O5. The number of hydrogen-bond acceptors (Lipinski definition) is 10. The Morgan fingerprint density at radius 3 is 2.71 bits per heavy atom. The summed E-state index contributed by atoms with van der Waals surface area (Å²) in [5.74, 6) is 0.626. The van der Waals surface area contributed by atoms with Gasteiger partial charge in [0.2, 0.25) is 14.4 Å². The van der Waals surface area contributed by atoms with Crippen LogP contribution in [0.2, 0.25) is 0 Å². The van der Waals surface area contributed by atoms with E-state index in [1.54, 1.807) is 6.33 Å². The van der Waals surface area contributed by atoms with Gasteiger partial charge in [0, 0.05) is 27.1 Å². The minimum Gasteiger partial charge on any atom is -0.400 e. The molecule has 1 fully saturated rings. The smallest absolute Gasteiger partial charge is 0.237 e. The Kier molecular flexibility index (Phi) is 11.2. The van der Waals surface area contributed by atoms with Crippen LogP contribution in [0.25, 0.3) is 16.0 Å². The third-order valence-corrected chi connectivity index (χ3v) is 6.37. The number of rotatable bonds is 13. The van der Waals surface area contributed by atoms with E-state index in [-0.39, 0.29) is 52.0 Å². The molecule has 3 atom stereocenters. The number of nitrogens with one attached hydrogen (secondary N) is 1.